The van der Waals surface area contributed by atoms with Crippen molar-refractivity contribution in [2.75, 3.05) is 5.32 Å². The van der Waals surface area contributed by atoms with Crippen LogP contribution in [0.5, 0.6) is 0 Å². The molecular weight excluding hydrogens is 386 g/mol. The molecule has 6 heteroatoms. The Kier molecular flexibility index (Phi) is 3.56. The highest BCUT2D eigenvalue weighted by Crippen LogP contribution is 2.39. The van der Waals surface area contributed by atoms with E-state index in [1.165, 1.54) is 0 Å². The molecule has 1 aliphatic heterocycles. The number of carbonyl (C=O) groups is 2. The molecule has 2 aromatic carbocycles. The van der Waals surface area contributed by atoms with Crippen LogP contribution in [0.1, 0.15) is 28.1 Å². The van der Waals surface area contributed by atoms with Crippen molar-refractivity contribution in [2.24, 2.45) is 0 Å². The van der Waals surface area contributed by atoms with Gasteiger partial charge in [-0.3, -0.25) is 9.59 Å². The van der Waals surface area contributed by atoms with E-state index in [-0.39, 0.29) is 12.2 Å². The third kappa shape index (κ3) is 2.58. The van der Waals surface area contributed by atoms with Crippen LogP contribution in [0, 0.1) is 6.92 Å². The number of nitrogens with one attached hydrogen (secondary N) is 1. The van der Waals surface area contributed by atoms with Gasteiger partial charge in [-0.2, -0.15) is 0 Å². The summed E-state index contributed by atoms with van der Waals surface area (Å²) in [4.78, 5) is 25.0. The number of hydrogen-bond donors (Lipinski definition) is 2. The Hall–Kier alpha value is -2.44. The molecule has 4 rings (SSSR count). The van der Waals surface area contributed by atoms with Gasteiger partial charge in [0.2, 0.25) is 5.78 Å². The van der Waals surface area contributed by atoms with Crippen LogP contribution in [-0.4, -0.2) is 16.8 Å². The fourth-order valence-electron chi connectivity index (χ4n) is 3.10. The van der Waals surface area contributed by atoms with Gasteiger partial charge < -0.3 is 14.8 Å². The molecule has 0 aliphatic carbocycles. The fourth-order valence-corrected chi connectivity index (χ4v) is 3.48. The maximum absolute atomic E-state index is 12.7. The summed E-state index contributed by atoms with van der Waals surface area (Å²) in [7, 11) is 0. The Morgan fingerprint density at radius 3 is 2.84 bits per heavy atom. The number of furan rings is 1. The first kappa shape index (κ1) is 16.1. The first-order chi connectivity index (χ1) is 11.9. The van der Waals surface area contributed by atoms with Gasteiger partial charge >= 0.3 is 0 Å². The van der Waals surface area contributed by atoms with Crippen LogP contribution in [0.15, 0.2) is 51.4 Å². The monoisotopic (exact) mass is 399 g/mol. The Balaban J connectivity index is 1.70. The van der Waals surface area contributed by atoms with E-state index >= 15 is 0 Å². The normalized spacial score (nSPS) is 19.1. The van der Waals surface area contributed by atoms with Crippen LogP contribution in [0.25, 0.3) is 11.0 Å². The summed E-state index contributed by atoms with van der Waals surface area (Å²) in [6.07, 6.45) is -0.379. The Morgan fingerprint density at radius 2 is 2.04 bits per heavy atom. The minimum absolute atomic E-state index is 0.121. The van der Waals surface area contributed by atoms with Crippen LogP contribution >= 0.6 is 15.9 Å². The third-order valence-electron chi connectivity index (χ3n) is 4.41. The van der Waals surface area contributed by atoms with Crippen molar-refractivity contribution in [3.05, 3.63) is 63.8 Å². The summed E-state index contributed by atoms with van der Waals surface area (Å²) in [6, 6.07) is 12.3. The number of rotatable bonds is 3. The highest BCUT2D eigenvalue weighted by Gasteiger charge is 2.47. The SMILES string of the molecule is Cc1ccc2c(c1)C(O)(CC(=O)c1cc3cc(Br)ccc3o1)C(=O)N2. The van der Waals surface area contributed by atoms with Gasteiger partial charge in [0.15, 0.2) is 11.4 Å². The summed E-state index contributed by atoms with van der Waals surface area (Å²) in [5, 5.41) is 14.3. The van der Waals surface area contributed by atoms with Crippen molar-refractivity contribution in [3.8, 4) is 0 Å². The number of aliphatic hydroxyl groups is 1. The second kappa shape index (κ2) is 5.54. The van der Waals surface area contributed by atoms with Gasteiger partial charge in [0.05, 0.1) is 6.42 Å². The van der Waals surface area contributed by atoms with Gasteiger partial charge in [-0.15, -0.1) is 0 Å². The topological polar surface area (TPSA) is 79.5 Å². The number of halogens is 1. The van der Waals surface area contributed by atoms with Gasteiger partial charge in [0.25, 0.3) is 5.91 Å². The molecule has 1 aromatic heterocycles. The lowest BCUT2D eigenvalue weighted by molar-refractivity contribution is -0.133. The molecule has 1 unspecified atom stereocenters. The summed E-state index contributed by atoms with van der Waals surface area (Å²) in [5.41, 5.74) is 0.530. The minimum Gasteiger partial charge on any atom is -0.453 e. The van der Waals surface area contributed by atoms with Crippen molar-refractivity contribution in [3.63, 3.8) is 0 Å². The van der Waals surface area contributed by atoms with Crippen molar-refractivity contribution in [1.82, 2.24) is 0 Å². The molecule has 25 heavy (non-hydrogen) atoms. The van der Waals surface area contributed by atoms with Crippen LogP contribution in [0.2, 0.25) is 0 Å². The molecule has 5 nitrogen and oxygen atoms in total. The zero-order valence-corrected chi connectivity index (χ0v) is 14.9. The minimum atomic E-state index is -1.89. The summed E-state index contributed by atoms with van der Waals surface area (Å²) >= 11 is 3.37. The van der Waals surface area contributed by atoms with E-state index in [2.05, 4.69) is 21.2 Å². The molecule has 1 aliphatic rings. The summed E-state index contributed by atoms with van der Waals surface area (Å²) in [6.45, 7) is 1.86. The van der Waals surface area contributed by atoms with Crippen LogP contribution in [-0.2, 0) is 10.4 Å². The second-order valence-corrected chi connectivity index (χ2v) is 7.17. The number of Topliss-reactive ketones (excluding diaryl/α,β-unsaturated/α-hetero) is 1. The lowest BCUT2D eigenvalue weighted by Gasteiger charge is -2.19. The quantitative estimate of drug-likeness (QED) is 0.654. The van der Waals surface area contributed by atoms with E-state index in [0.29, 0.717) is 16.8 Å². The molecule has 2 heterocycles. The number of fused-ring (bicyclic) bond motifs is 2. The van der Waals surface area contributed by atoms with Crippen molar-refractivity contribution < 1.29 is 19.1 Å². The first-order valence-electron chi connectivity index (χ1n) is 7.74. The smallest absolute Gasteiger partial charge is 0.261 e. The van der Waals surface area contributed by atoms with Gasteiger partial charge in [0, 0.05) is 21.1 Å². The van der Waals surface area contributed by atoms with Crippen molar-refractivity contribution >= 4 is 44.3 Å². The lowest BCUT2D eigenvalue weighted by atomic mass is 9.88. The number of benzene rings is 2. The molecule has 0 saturated heterocycles. The molecular formula is C19H14BrNO4. The molecule has 0 bridgehead atoms. The van der Waals surface area contributed by atoms with Gasteiger partial charge in [-0.1, -0.05) is 33.6 Å². The number of amides is 1. The Labute approximate surface area is 151 Å². The maximum Gasteiger partial charge on any atom is 0.261 e. The molecule has 0 fully saturated rings. The van der Waals surface area contributed by atoms with Crippen LogP contribution < -0.4 is 5.32 Å². The molecule has 0 spiro atoms. The average Bonchev–Trinajstić information content (AvgIpc) is 3.08. The number of aryl methyl sites for hydroxylation is 1. The van der Waals surface area contributed by atoms with Gasteiger partial charge in [0.1, 0.15) is 5.58 Å². The summed E-state index contributed by atoms with van der Waals surface area (Å²) < 4.78 is 6.45. The number of hydrogen-bond acceptors (Lipinski definition) is 4. The molecule has 2 N–H and O–H groups in total. The molecule has 0 saturated carbocycles. The van der Waals surface area contributed by atoms with E-state index in [4.69, 9.17) is 4.42 Å². The number of anilines is 1. The largest absolute Gasteiger partial charge is 0.453 e. The van der Waals surface area contributed by atoms with Crippen LogP contribution in [0.3, 0.4) is 0 Å². The second-order valence-electron chi connectivity index (χ2n) is 6.26. The van der Waals surface area contributed by atoms with E-state index in [0.717, 1.165) is 15.4 Å². The molecule has 0 radical (unpaired) electrons. The highest BCUT2D eigenvalue weighted by atomic mass is 79.9. The van der Waals surface area contributed by atoms with Gasteiger partial charge in [-0.25, -0.2) is 0 Å². The third-order valence-corrected chi connectivity index (χ3v) is 4.91. The first-order valence-corrected chi connectivity index (χ1v) is 8.53. The lowest BCUT2D eigenvalue weighted by Crippen LogP contribution is -2.36. The van der Waals surface area contributed by atoms with E-state index in [9.17, 15) is 14.7 Å². The summed E-state index contributed by atoms with van der Waals surface area (Å²) in [5.74, 6) is -0.907. The zero-order valence-electron chi connectivity index (χ0n) is 13.3. The molecule has 3 aromatic rings. The molecule has 1 atom stereocenters. The maximum atomic E-state index is 12.7. The van der Waals surface area contributed by atoms with E-state index in [1.54, 1.807) is 24.3 Å². The van der Waals surface area contributed by atoms with Crippen molar-refractivity contribution in [1.29, 1.82) is 0 Å². The zero-order chi connectivity index (χ0) is 17.8. The molecule has 126 valence electrons. The van der Waals surface area contributed by atoms with E-state index in [1.807, 2.05) is 25.1 Å². The molecule has 1 amide bonds. The Morgan fingerprint density at radius 1 is 1.24 bits per heavy atom. The predicted octanol–water partition coefficient (Wildman–Crippen LogP) is 3.92. The number of ketones is 1. The Bertz CT molecular complexity index is 1040. The van der Waals surface area contributed by atoms with Crippen molar-refractivity contribution in [2.45, 2.75) is 18.9 Å². The predicted molar refractivity (Wildman–Crippen MR) is 96.6 cm³/mol. The van der Waals surface area contributed by atoms with Crippen LogP contribution in [0.4, 0.5) is 5.69 Å². The highest BCUT2D eigenvalue weighted by molar-refractivity contribution is 9.10. The van der Waals surface area contributed by atoms with E-state index < -0.39 is 17.3 Å². The number of carbonyl (C=O) groups excluding carboxylic acids is 2. The average molecular weight is 400 g/mol. The standard InChI is InChI=1S/C19H14BrNO4/c1-10-2-4-14-13(6-10)19(24,18(23)21-14)9-15(22)17-8-11-7-12(20)3-5-16(11)25-17/h2-8,24H,9H2,1H3,(H,21,23). The fraction of sp³-hybridized carbons (Fsp3) is 0.158. The van der Waals surface area contributed by atoms with Gasteiger partial charge in [-0.05, 0) is 37.3 Å².